The number of carbonyl (C=O) groups excluding carboxylic acids is 1. The molecule has 0 aromatic heterocycles. The number of nitro benzene ring substituents is 1. The molecule has 0 atom stereocenters. The maximum absolute atomic E-state index is 11.5. The van der Waals surface area contributed by atoms with Crippen LogP contribution in [0.4, 0.5) is 17.1 Å². The van der Waals surface area contributed by atoms with Crippen molar-refractivity contribution >= 4 is 23.0 Å². The molecule has 0 radical (unpaired) electrons. The summed E-state index contributed by atoms with van der Waals surface area (Å²) in [6, 6.07) is 2.98. The van der Waals surface area contributed by atoms with Crippen LogP contribution in [0.1, 0.15) is 25.7 Å². The van der Waals surface area contributed by atoms with Crippen LogP contribution in [0.15, 0.2) is 12.1 Å². The Kier molecular flexibility index (Phi) is 4.80. The van der Waals surface area contributed by atoms with Crippen molar-refractivity contribution in [2.75, 3.05) is 44.4 Å². The number of anilines is 2. The minimum Gasteiger partial charge on any atom is -0.481 e. The summed E-state index contributed by atoms with van der Waals surface area (Å²) >= 11 is 0. The standard InChI is InChI=1S/C17H24N4O4/c1-20(2)11-17(5-3-4-6-17)10-18-12-7-13-15(8-14(12)21(23)24)25-9-16(22)19-13/h7-8,18H,3-6,9-11H2,1-2H3,(H,19,22). The SMILES string of the molecule is CN(C)CC1(CNc2cc3c(cc2[N+](=O)[O-])OCC(=O)N3)CCCC1. The Morgan fingerprint density at radius 1 is 1.36 bits per heavy atom. The number of hydrogen-bond acceptors (Lipinski definition) is 6. The molecule has 8 heteroatoms. The van der Waals surface area contributed by atoms with E-state index in [4.69, 9.17) is 4.74 Å². The molecule has 1 amide bonds. The molecule has 136 valence electrons. The van der Waals surface area contributed by atoms with Gasteiger partial charge < -0.3 is 20.3 Å². The Morgan fingerprint density at radius 2 is 2.08 bits per heavy atom. The summed E-state index contributed by atoms with van der Waals surface area (Å²) < 4.78 is 5.28. The predicted octanol–water partition coefficient (Wildman–Crippen LogP) is 2.46. The molecule has 8 nitrogen and oxygen atoms in total. The van der Waals surface area contributed by atoms with Crippen molar-refractivity contribution in [3.63, 3.8) is 0 Å². The quantitative estimate of drug-likeness (QED) is 0.605. The number of nitrogens with one attached hydrogen (secondary N) is 2. The molecule has 25 heavy (non-hydrogen) atoms. The van der Waals surface area contributed by atoms with E-state index in [2.05, 4.69) is 15.5 Å². The van der Waals surface area contributed by atoms with Crippen molar-refractivity contribution in [3.05, 3.63) is 22.2 Å². The number of carbonyl (C=O) groups is 1. The van der Waals surface area contributed by atoms with E-state index in [9.17, 15) is 14.9 Å². The molecule has 0 unspecified atom stereocenters. The summed E-state index contributed by atoms with van der Waals surface area (Å²) in [5.41, 5.74) is 0.970. The van der Waals surface area contributed by atoms with Gasteiger partial charge in [0.1, 0.15) is 5.69 Å². The fourth-order valence-corrected chi connectivity index (χ4v) is 3.88. The average molecular weight is 348 g/mol. The van der Waals surface area contributed by atoms with Gasteiger partial charge >= 0.3 is 0 Å². The lowest BCUT2D eigenvalue weighted by Crippen LogP contribution is -2.37. The minimum absolute atomic E-state index is 0.0344. The summed E-state index contributed by atoms with van der Waals surface area (Å²) in [6.07, 6.45) is 4.59. The molecule has 2 aliphatic rings. The Balaban J connectivity index is 1.84. The van der Waals surface area contributed by atoms with Crippen molar-refractivity contribution in [3.8, 4) is 5.75 Å². The van der Waals surface area contributed by atoms with E-state index in [0.717, 1.165) is 19.4 Å². The van der Waals surface area contributed by atoms with Crippen molar-refractivity contribution in [1.82, 2.24) is 4.90 Å². The third-order valence-corrected chi connectivity index (χ3v) is 4.90. The number of amides is 1. The van der Waals surface area contributed by atoms with Crippen LogP contribution in [0.3, 0.4) is 0 Å². The number of benzene rings is 1. The van der Waals surface area contributed by atoms with Gasteiger partial charge in [0.25, 0.3) is 11.6 Å². The largest absolute Gasteiger partial charge is 0.481 e. The van der Waals surface area contributed by atoms with Gasteiger partial charge in [-0.15, -0.1) is 0 Å². The Labute approximate surface area is 146 Å². The Bertz CT molecular complexity index is 683. The van der Waals surface area contributed by atoms with Crippen LogP contribution in [0.2, 0.25) is 0 Å². The summed E-state index contributed by atoms with van der Waals surface area (Å²) in [6.45, 7) is 1.49. The maximum Gasteiger partial charge on any atom is 0.296 e. The molecular weight excluding hydrogens is 324 g/mol. The number of nitro groups is 1. The van der Waals surface area contributed by atoms with Crippen molar-refractivity contribution in [2.24, 2.45) is 5.41 Å². The number of hydrogen-bond donors (Lipinski definition) is 2. The van der Waals surface area contributed by atoms with Gasteiger partial charge in [0.2, 0.25) is 0 Å². The highest BCUT2D eigenvalue weighted by molar-refractivity contribution is 5.96. The summed E-state index contributed by atoms with van der Waals surface area (Å²) in [4.78, 5) is 24.7. The van der Waals surface area contributed by atoms with Crippen LogP contribution in [0, 0.1) is 15.5 Å². The van der Waals surface area contributed by atoms with Gasteiger partial charge in [-0.05, 0) is 33.0 Å². The molecule has 0 saturated heterocycles. The van der Waals surface area contributed by atoms with E-state index in [0.29, 0.717) is 23.7 Å². The molecule has 1 aliphatic heterocycles. The first-order valence-corrected chi connectivity index (χ1v) is 8.52. The number of rotatable bonds is 6. The molecule has 3 rings (SSSR count). The van der Waals surface area contributed by atoms with Gasteiger partial charge in [0.05, 0.1) is 16.7 Å². The van der Waals surface area contributed by atoms with E-state index < -0.39 is 4.92 Å². The highest BCUT2D eigenvalue weighted by atomic mass is 16.6. The van der Waals surface area contributed by atoms with Crippen LogP contribution < -0.4 is 15.4 Å². The fourth-order valence-electron chi connectivity index (χ4n) is 3.88. The third kappa shape index (κ3) is 3.84. The van der Waals surface area contributed by atoms with Gasteiger partial charge in [0, 0.05) is 18.5 Å². The first-order chi connectivity index (χ1) is 11.9. The van der Waals surface area contributed by atoms with Crippen LogP contribution in [-0.4, -0.2) is 49.5 Å². The van der Waals surface area contributed by atoms with E-state index in [1.54, 1.807) is 6.07 Å². The molecule has 1 heterocycles. The van der Waals surface area contributed by atoms with E-state index in [-0.39, 0.29) is 23.6 Å². The first kappa shape index (κ1) is 17.5. The first-order valence-electron chi connectivity index (χ1n) is 8.52. The minimum atomic E-state index is -0.421. The second kappa shape index (κ2) is 6.87. The molecule has 2 N–H and O–H groups in total. The summed E-state index contributed by atoms with van der Waals surface area (Å²) in [5.74, 6) is 0.0768. The lowest BCUT2D eigenvalue weighted by molar-refractivity contribution is -0.384. The van der Waals surface area contributed by atoms with Gasteiger partial charge in [-0.1, -0.05) is 12.8 Å². The maximum atomic E-state index is 11.5. The van der Waals surface area contributed by atoms with E-state index in [1.165, 1.54) is 18.9 Å². The Morgan fingerprint density at radius 3 is 2.72 bits per heavy atom. The normalized spacial score (nSPS) is 18.4. The topological polar surface area (TPSA) is 96.7 Å². The smallest absolute Gasteiger partial charge is 0.296 e. The van der Waals surface area contributed by atoms with Crippen LogP contribution >= 0.6 is 0 Å². The second-order valence-electron chi connectivity index (χ2n) is 7.26. The van der Waals surface area contributed by atoms with Gasteiger partial charge in [0.15, 0.2) is 12.4 Å². The van der Waals surface area contributed by atoms with Crippen LogP contribution in [-0.2, 0) is 4.79 Å². The average Bonchev–Trinajstić information content (AvgIpc) is 2.99. The molecule has 0 spiro atoms. The van der Waals surface area contributed by atoms with Gasteiger partial charge in [-0.3, -0.25) is 14.9 Å². The monoisotopic (exact) mass is 348 g/mol. The van der Waals surface area contributed by atoms with Crippen LogP contribution in [0.25, 0.3) is 0 Å². The van der Waals surface area contributed by atoms with E-state index in [1.807, 2.05) is 14.1 Å². The highest BCUT2D eigenvalue weighted by Crippen LogP contribution is 2.41. The van der Waals surface area contributed by atoms with Gasteiger partial charge in [-0.2, -0.15) is 0 Å². The second-order valence-corrected chi connectivity index (χ2v) is 7.26. The predicted molar refractivity (Wildman–Crippen MR) is 95.2 cm³/mol. The lowest BCUT2D eigenvalue weighted by atomic mass is 9.85. The highest BCUT2D eigenvalue weighted by Gasteiger charge is 2.35. The molecule has 1 aliphatic carbocycles. The zero-order chi connectivity index (χ0) is 18.0. The molecule has 0 bridgehead atoms. The third-order valence-electron chi connectivity index (χ3n) is 4.90. The van der Waals surface area contributed by atoms with Crippen molar-refractivity contribution in [1.29, 1.82) is 0 Å². The summed E-state index contributed by atoms with van der Waals surface area (Å²) in [5, 5.41) is 17.4. The van der Waals surface area contributed by atoms with E-state index >= 15 is 0 Å². The fraction of sp³-hybridized carbons (Fsp3) is 0.588. The zero-order valence-corrected chi connectivity index (χ0v) is 14.6. The Hall–Kier alpha value is -2.35. The number of fused-ring (bicyclic) bond motifs is 1. The van der Waals surface area contributed by atoms with Crippen molar-refractivity contribution < 1.29 is 14.5 Å². The van der Waals surface area contributed by atoms with Crippen LogP contribution in [0.5, 0.6) is 5.75 Å². The number of nitrogens with zero attached hydrogens (tertiary/aromatic N) is 2. The molecule has 1 aromatic carbocycles. The lowest BCUT2D eigenvalue weighted by Gasteiger charge is -2.32. The number of ether oxygens (including phenoxy) is 1. The van der Waals surface area contributed by atoms with Gasteiger partial charge in [-0.25, -0.2) is 0 Å². The molecule has 1 saturated carbocycles. The zero-order valence-electron chi connectivity index (χ0n) is 14.6. The molecular formula is C17H24N4O4. The van der Waals surface area contributed by atoms with Crippen molar-refractivity contribution in [2.45, 2.75) is 25.7 Å². The summed E-state index contributed by atoms with van der Waals surface area (Å²) in [7, 11) is 4.10. The molecule has 1 fully saturated rings. The molecule has 1 aromatic rings.